The summed E-state index contributed by atoms with van der Waals surface area (Å²) < 4.78 is 30.1. The van der Waals surface area contributed by atoms with E-state index in [9.17, 15) is 13.2 Å². The Balaban J connectivity index is 2.42. The fourth-order valence-electron chi connectivity index (χ4n) is 1.38. The number of carbonyl (C=O) groups is 1. The van der Waals surface area contributed by atoms with E-state index in [-0.39, 0.29) is 12.3 Å². The first-order chi connectivity index (χ1) is 8.94. The van der Waals surface area contributed by atoms with Gasteiger partial charge in [0.05, 0.1) is 12.9 Å². The lowest BCUT2D eigenvalue weighted by Crippen LogP contribution is -2.35. The van der Waals surface area contributed by atoms with E-state index in [1.54, 1.807) is 0 Å². The second-order valence-corrected chi connectivity index (χ2v) is 6.35. The van der Waals surface area contributed by atoms with E-state index >= 15 is 0 Å². The Morgan fingerprint density at radius 1 is 1.37 bits per heavy atom. The number of alkyl halides is 1. The lowest BCUT2D eigenvalue weighted by Gasteiger charge is -2.09. The Hall–Kier alpha value is -1.11. The van der Waals surface area contributed by atoms with Gasteiger partial charge in [-0.05, 0) is 12.0 Å². The molecule has 0 spiro atoms. The zero-order valence-electron chi connectivity index (χ0n) is 10.5. The first-order valence-electron chi connectivity index (χ1n) is 5.68. The van der Waals surface area contributed by atoms with Gasteiger partial charge in [-0.3, -0.25) is 4.79 Å². The van der Waals surface area contributed by atoms with Crippen molar-refractivity contribution in [2.24, 2.45) is 0 Å². The first-order valence-corrected chi connectivity index (χ1v) is 7.76. The van der Waals surface area contributed by atoms with Gasteiger partial charge in [-0.15, -0.1) is 11.6 Å². The fraction of sp³-hybridized carbons (Fsp3) is 0.417. The molecule has 1 N–H and O–H groups in total. The normalized spacial score (nSPS) is 12.9. The van der Waals surface area contributed by atoms with Crippen LogP contribution in [0.15, 0.2) is 30.3 Å². The van der Waals surface area contributed by atoms with E-state index in [0.717, 1.165) is 5.56 Å². The third kappa shape index (κ3) is 6.04. The molecule has 1 rings (SSSR count). The predicted octanol–water partition coefficient (Wildman–Crippen LogP) is 0.929. The van der Waals surface area contributed by atoms with Crippen molar-refractivity contribution < 1.29 is 17.9 Å². The minimum absolute atomic E-state index is 0.0538. The van der Waals surface area contributed by atoms with Gasteiger partial charge in [-0.2, -0.15) is 0 Å². The lowest BCUT2D eigenvalue weighted by atomic mass is 10.2. The third-order valence-electron chi connectivity index (χ3n) is 2.44. The minimum Gasteiger partial charge on any atom is -0.468 e. The van der Waals surface area contributed by atoms with Crippen molar-refractivity contribution in [2.75, 3.05) is 19.4 Å². The molecule has 1 aromatic rings. The van der Waals surface area contributed by atoms with Crippen molar-refractivity contribution in [1.82, 2.24) is 4.72 Å². The topological polar surface area (TPSA) is 72.5 Å². The molecule has 1 unspecified atom stereocenters. The molecule has 0 aromatic heterocycles. The number of nitrogens with one attached hydrogen (secondary N) is 1. The van der Waals surface area contributed by atoms with Gasteiger partial charge in [0.15, 0.2) is 0 Å². The van der Waals surface area contributed by atoms with Crippen LogP contribution in [0.5, 0.6) is 0 Å². The second kappa shape index (κ2) is 7.47. The number of hydrogen-bond acceptors (Lipinski definition) is 4. The fourth-order valence-corrected chi connectivity index (χ4v) is 2.71. The molecule has 0 radical (unpaired) electrons. The van der Waals surface area contributed by atoms with Crippen LogP contribution in [0.25, 0.3) is 0 Å². The number of benzene rings is 1. The van der Waals surface area contributed by atoms with Crippen molar-refractivity contribution in [3.8, 4) is 0 Å². The highest BCUT2D eigenvalue weighted by Gasteiger charge is 2.19. The summed E-state index contributed by atoms with van der Waals surface area (Å²) in [5.41, 5.74) is 0.934. The maximum atomic E-state index is 11.7. The molecule has 19 heavy (non-hydrogen) atoms. The van der Waals surface area contributed by atoms with Crippen LogP contribution in [0.4, 0.5) is 0 Å². The lowest BCUT2D eigenvalue weighted by molar-refractivity contribution is -0.140. The van der Waals surface area contributed by atoms with E-state index in [4.69, 9.17) is 11.6 Å². The molecule has 0 bridgehead atoms. The molecule has 5 nitrogen and oxygen atoms in total. The van der Waals surface area contributed by atoms with Crippen LogP contribution in [0.2, 0.25) is 0 Å². The third-order valence-corrected chi connectivity index (χ3v) is 4.12. The number of esters is 1. The zero-order valence-corrected chi connectivity index (χ0v) is 12.1. The summed E-state index contributed by atoms with van der Waals surface area (Å²) >= 11 is 5.65. The molecule has 0 aliphatic rings. The van der Waals surface area contributed by atoms with Gasteiger partial charge in [-0.25, -0.2) is 13.1 Å². The molecule has 0 saturated carbocycles. The molecule has 0 aliphatic carbocycles. The van der Waals surface area contributed by atoms with Gasteiger partial charge in [0.25, 0.3) is 0 Å². The van der Waals surface area contributed by atoms with Crippen molar-refractivity contribution in [1.29, 1.82) is 0 Å². The van der Waals surface area contributed by atoms with Crippen LogP contribution in [0, 0.1) is 0 Å². The number of aryl methyl sites for hydroxylation is 1. The molecule has 106 valence electrons. The van der Waals surface area contributed by atoms with Gasteiger partial charge in [0.2, 0.25) is 10.0 Å². The highest BCUT2D eigenvalue weighted by Crippen LogP contribution is 2.02. The molecular weight excluding hydrogens is 290 g/mol. The highest BCUT2D eigenvalue weighted by molar-refractivity contribution is 7.89. The van der Waals surface area contributed by atoms with Crippen LogP contribution in [-0.4, -0.2) is 39.2 Å². The molecule has 0 fully saturated rings. The molecule has 7 heteroatoms. The molecule has 0 amide bonds. The van der Waals surface area contributed by atoms with E-state index in [2.05, 4.69) is 9.46 Å². The van der Waals surface area contributed by atoms with Gasteiger partial charge in [0, 0.05) is 6.54 Å². The molecular formula is C12H16ClNO4S. The standard InChI is InChI=1S/C12H16ClNO4S/c1-18-12(15)11(13)9-14-19(16,17)8-7-10-5-3-2-4-6-10/h2-6,11,14H,7-9H2,1H3. The molecule has 0 saturated heterocycles. The predicted molar refractivity (Wildman–Crippen MR) is 73.6 cm³/mol. The SMILES string of the molecule is COC(=O)C(Cl)CNS(=O)(=O)CCc1ccccc1. The van der Waals surface area contributed by atoms with Crippen molar-refractivity contribution >= 4 is 27.6 Å². The van der Waals surface area contributed by atoms with Crippen LogP contribution in [0.3, 0.4) is 0 Å². The smallest absolute Gasteiger partial charge is 0.325 e. The Morgan fingerprint density at radius 3 is 2.58 bits per heavy atom. The largest absolute Gasteiger partial charge is 0.468 e. The molecule has 0 aliphatic heterocycles. The number of halogens is 1. The van der Waals surface area contributed by atoms with Crippen LogP contribution >= 0.6 is 11.6 Å². The second-order valence-electron chi connectivity index (χ2n) is 3.89. The maximum absolute atomic E-state index is 11.7. The van der Waals surface area contributed by atoms with Crippen molar-refractivity contribution in [3.63, 3.8) is 0 Å². The summed E-state index contributed by atoms with van der Waals surface area (Å²) in [6.45, 7) is -0.175. The summed E-state index contributed by atoms with van der Waals surface area (Å²) in [6, 6.07) is 9.27. The number of hydrogen-bond donors (Lipinski definition) is 1. The van der Waals surface area contributed by atoms with Crippen LogP contribution in [0.1, 0.15) is 5.56 Å². The summed E-state index contributed by atoms with van der Waals surface area (Å²) in [7, 11) is -2.26. The van der Waals surface area contributed by atoms with Crippen molar-refractivity contribution in [3.05, 3.63) is 35.9 Å². The van der Waals surface area contributed by atoms with E-state index in [1.165, 1.54) is 7.11 Å². The molecule has 1 atom stereocenters. The number of ether oxygens (including phenoxy) is 1. The zero-order chi connectivity index (χ0) is 14.3. The summed E-state index contributed by atoms with van der Waals surface area (Å²) in [4.78, 5) is 11.0. The summed E-state index contributed by atoms with van der Waals surface area (Å²) in [6.07, 6.45) is 0.404. The number of methoxy groups -OCH3 is 1. The minimum atomic E-state index is -3.46. The first kappa shape index (κ1) is 15.9. The Labute approximate surface area is 118 Å². The average molecular weight is 306 g/mol. The van der Waals surface area contributed by atoms with E-state index in [0.29, 0.717) is 6.42 Å². The Bertz CT molecular complexity index is 504. The van der Waals surface area contributed by atoms with Gasteiger partial charge in [0.1, 0.15) is 5.38 Å². The van der Waals surface area contributed by atoms with Crippen LogP contribution < -0.4 is 4.72 Å². The summed E-state index contributed by atoms with van der Waals surface area (Å²) in [5.74, 6) is -0.714. The Kier molecular flexibility index (Phi) is 6.27. The highest BCUT2D eigenvalue weighted by atomic mass is 35.5. The number of carbonyl (C=O) groups excluding carboxylic acids is 1. The maximum Gasteiger partial charge on any atom is 0.325 e. The van der Waals surface area contributed by atoms with E-state index in [1.807, 2.05) is 30.3 Å². The van der Waals surface area contributed by atoms with E-state index < -0.39 is 21.4 Å². The molecule has 1 aromatic carbocycles. The van der Waals surface area contributed by atoms with Crippen LogP contribution in [-0.2, 0) is 26.0 Å². The van der Waals surface area contributed by atoms with Gasteiger partial charge >= 0.3 is 5.97 Å². The van der Waals surface area contributed by atoms with Gasteiger partial charge in [-0.1, -0.05) is 30.3 Å². The van der Waals surface area contributed by atoms with Gasteiger partial charge < -0.3 is 4.74 Å². The average Bonchev–Trinajstić information content (AvgIpc) is 2.43. The quantitative estimate of drug-likeness (QED) is 0.601. The molecule has 0 heterocycles. The number of sulfonamides is 1. The van der Waals surface area contributed by atoms with Crippen molar-refractivity contribution in [2.45, 2.75) is 11.8 Å². The summed E-state index contributed by atoms with van der Waals surface area (Å²) in [5, 5.41) is -1.02. The number of rotatable bonds is 7. The monoisotopic (exact) mass is 305 g/mol. The Morgan fingerprint density at radius 2 is 2.00 bits per heavy atom.